The van der Waals surface area contributed by atoms with Crippen molar-refractivity contribution >= 4 is 23.5 Å². The molecule has 104 valence electrons. The maximum absolute atomic E-state index is 6.00. The molecule has 0 bridgehead atoms. The van der Waals surface area contributed by atoms with E-state index in [2.05, 4.69) is 32.1 Å². The summed E-state index contributed by atoms with van der Waals surface area (Å²) in [5.41, 5.74) is 0. The summed E-state index contributed by atoms with van der Waals surface area (Å²) < 4.78 is 0. The molecule has 2 unspecified atom stereocenters. The Labute approximate surface area is 118 Å². The second-order valence-corrected chi connectivity index (χ2v) is 5.97. The van der Waals surface area contributed by atoms with Crippen molar-refractivity contribution in [3.8, 4) is 0 Å². The van der Waals surface area contributed by atoms with Crippen LogP contribution in [-0.2, 0) is 0 Å². The molecule has 2 atom stereocenters. The molecular formula is C13H20ClN5. The van der Waals surface area contributed by atoms with Crippen LogP contribution in [0.2, 0.25) is 5.28 Å². The van der Waals surface area contributed by atoms with E-state index in [0.717, 1.165) is 31.5 Å². The molecule has 1 aliphatic heterocycles. The van der Waals surface area contributed by atoms with E-state index < -0.39 is 0 Å². The second-order valence-electron chi connectivity index (χ2n) is 5.63. The van der Waals surface area contributed by atoms with Crippen LogP contribution in [0.25, 0.3) is 0 Å². The van der Waals surface area contributed by atoms with Crippen molar-refractivity contribution in [1.82, 2.24) is 15.0 Å². The van der Waals surface area contributed by atoms with Gasteiger partial charge in [-0.3, -0.25) is 0 Å². The van der Waals surface area contributed by atoms with E-state index in [-0.39, 0.29) is 5.28 Å². The highest BCUT2D eigenvalue weighted by molar-refractivity contribution is 6.28. The molecule has 2 aliphatic rings. The predicted molar refractivity (Wildman–Crippen MR) is 76.7 cm³/mol. The van der Waals surface area contributed by atoms with Crippen molar-refractivity contribution in [3.63, 3.8) is 0 Å². The van der Waals surface area contributed by atoms with Crippen LogP contribution in [0.3, 0.4) is 0 Å². The van der Waals surface area contributed by atoms with Gasteiger partial charge in [-0.25, -0.2) is 0 Å². The molecule has 1 aliphatic carbocycles. The number of hydrogen-bond acceptors (Lipinski definition) is 5. The van der Waals surface area contributed by atoms with Gasteiger partial charge >= 0.3 is 0 Å². The largest absolute Gasteiger partial charge is 0.354 e. The Kier molecular flexibility index (Phi) is 3.73. The van der Waals surface area contributed by atoms with Gasteiger partial charge < -0.3 is 10.2 Å². The first-order valence-electron chi connectivity index (χ1n) is 7.13. The number of halogens is 1. The molecule has 1 aromatic rings. The normalized spacial score (nSPS) is 26.3. The van der Waals surface area contributed by atoms with Gasteiger partial charge in [-0.2, -0.15) is 15.0 Å². The Morgan fingerprint density at radius 2 is 1.95 bits per heavy atom. The molecular weight excluding hydrogens is 262 g/mol. The van der Waals surface area contributed by atoms with Crippen LogP contribution in [-0.4, -0.2) is 34.6 Å². The van der Waals surface area contributed by atoms with E-state index in [9.17, 15) is 0 Å². The summed E-state index contributed by atoms with van der Waals surface area (Å²) >= 11 is 6.00. The molecule has 19 heavy (non-hydrogen) atoms. The maximum atomic E-state index is 6.00. The van der Waals surface area contributed by atoms with E-state index in [0.29, 0.717) is 11.9 Å². The lowest BCUT2D eigenvalue weighted by Gasteiger charge is -2.26. The molecule has 5 nitrogen and oxygen atoms in total. The highest BCUT2D eigenvalue weighted by Crippen LogP contribution is 2.37. The molecule has 0 amide bonds. The predicted octanol–water partition coefficient (Wildman–Crippen LogP) is 2.58. The van der Waals surface area contributed by atoms with Crippen LogP contribution < -0.4 is 10.2 Å². The van der Waals surface area contributed by atoms with Gasteiger partial charge in [-0.15, -0.1) is 0 Å². The lowest BCUT2D eigenvalue weighted by molar-refractivity contribution is 0.567. The minimum Gasteiger partial charge on any atom is -0.354 e. The quantitative estimate of drug-likeness (QED) is 0.919. The summed E-state index contributed by atoms with van der Waals surface area (Å²) in [6.45, 7) is 5.23. The second kappa shape index (κ2) is 5.49. The lowest BCUT2D eigenvalue weighted by atomic mass is 10.1. The highest BCUT2D eigenvalue weighted by atomic mass is 35.5. The monoisotopic (exact) mass is 281 g/mol. The van der Waals surface area contributed by atoms with E-state index in [4.69, 9.17) is 11.6 Å². The van der Waals surface area contributed by atoms with Crippen molar-refractivity contribution in [2.45, 2.75) is 32.6 Å². The Morgan fingerprint density at radius 3 is 2.63 bits per heavy atom. The first kappa shape index (κ1) is 12.9. The number of nitrogens with zero attached hydrogens (tertiary/aromatic N) is 4. The number of piperidine rings is 1. The van der Waals surface area contributed by atoms with Gasteiger partial charge in [-0.05, 0) is 49.1 Å². The number of nitrogens with one attached hydrogen (secondary N) is 1. The van der Waals surface area contributed by atoms with Gasteiger partial charge in [0.2, 0.25) is 17.2 Å². The number of aromatic nitrogens is 3. The Bertz CT molecular complexity index is 447. The van der Waals surface area contributed by atoms with Crippen LogP contribution in [0.1, 0.15) is 32.6 Å². The molecule has 1 saturated heterocycles. The first-order valence-corrected chi connectivity index (χ1v) is 7.50. The van der Waals surface area contributed by atoms with Crippen LogP contribution in [0, 0.1) is 11.8 Å². The number of anilines is 2. The zero-order chi connectivity index (χ0) is 13.2. The first-order chi connectivity index (χ1) is 9.22. The molecule has 0 spiro atoms. The third-order valence-corrected chi connectivity index (χ3v) is 4.20. The van der Waals surface area contributed by atoms with E-state index in [1.807, 2.05) is 0 Å². The van der Waals surface area contributed by atoms with E-state index in [1.165, 1.54) is 25.7 Å². The Morgan fingerprint density at radius 1 is 1.21 bits per heavy atom. The molecule has 0 aromatic carbocycles. The average molecular weight is 282 g/mol. The Balaban J connectivity index is 1.67. The SMILES string of the molecule is CC1CC1CNc1nc(Cl)nc(N2CCCCC2)n1. The van der Waals surface area contributed by atoms with Gasteiger partial charge in [0.15, 0.2) is 0 Å². The van der Waals surface area contributed by atoms with Gasteiger partial charge in [0, 0.05) is 19.6 Å². The van der Waals surface area contributed by atoms with Gasteiger partial charge in [0.25, 0.3) is 0 Å². The van der Waals surface area contributed by atoms with Crippen molar-refractivity contribution in [1.29, 1.82) is 0 Å². The average Bonchev–Trinajstić information content (AvgIpc) is 3.13. The maximum Gasteiger partial charge on any atom is 0.231 e. The van der Waals surface area contributed by atoms with E-state index >= 15 is 0 Å². The molecule has 2 heterocycles. The van der Waals surface area contributed by atoms with Crippen molar-refractivity contribution in [3.05, 3.63) is 5.28 Å². The molecule has 6 heteroatoms. The number of rotatable bonds is 4. The van der Waals surface area contributed by atoms with Gasteiger partial charge in [-0.1, -0.05) is 6.92 Å². The topological polar surface area (TPSA) is 53.9 Å². The van der Waals surface area contributed by atoms with Gasteiger partial charge in [0.05, 0.1) is 0 Å². The summed E-state index contributed by atoms with van der Waals surface area (Å²) in [5, 5.41) is 3.56. The van der Waals surface area contributed by atoms with Crippen LogP contribution >= 0.6 is 11.6 Å². The molecule has 2 fully saturated rings. The fourth-order valence-electron chi connectivity index (χ4n) is 2.56. The summed E-state index contributed by atoms with van der Waals surface area (Å²) in [6.07, 6.45) is 4.99. The van der Waals surface area contributed by atoms with Crippen LogP contribution in [0.15, 0.2) is 0 Å². The highest BCUT2D eigenvalue weighted by Gasteiger charge is 2.32. The molecule has 3 rings (SSSR count). The smallest absolute Gasteiger partial charge is 0.231 e. The summed E-state index contributed by atoms with van der Waals surface area (Å²) in [4.78, 5) is 15.1. The lowest BCUT2D eigenvalue weighted by Crippen LogP contribution is -2.31. The summed E-state index contributed by atoms with van der Waals surface area (Å²) in [5.74, 6) is 2.91. The zero-order valence-corrected chi connectivity index (χ0v) is 12.0. The minimum atomic E-state index is 0.280. The fraction of sp³-hybridized carbons (Fsp3) is 0.769. The van der Waals surface area contributed by atoms with E-state index in [1.54, 1.807) is 0 Å². The molecule has 1 aromatic heterocycles. The number of hydrogen-bond donors (Lipinski definition) is 1. The minimum absolute atomic E-state index is 0.280. The van der Waals surface area contributed by atoms with Crippen molar-refractivity contribution < 1.29 is 0 Å². The Hall–Kier alpha value is -1.10. The van der Waals surface area contributed by atoms with Crippen molar-refractivity contribution in [2.75, 3.05) is 29.9 Å². The molecule has 1 N–H and O–H groups in total. The summed E-state index contributed by atoms with van der Waals surface area (Å²) in [6, 6.07) is 0. The van der Waals surface area contributed by atoms with Gasteiger partial charge in [0.1, 0.15) is 0 Å². The van der Waals surface area contributed by atoms with Crippen LogP contribution in [0.5, 0.6) is 0 Å². The molecule has 0 radical (unpaired) electrons. The van der Waals surface area contributed by atoms with Crippen molar-refractivity contribution in [2.24, 2.45) is 11.8 Å². The third-order valence-electron chi connectivity index (χ3n) is 4.03. The zero-order valence-electron chi connectivity index (χ0n) is 11.3. The third kappa shape index (κ3) is 3.26. The van der Waals surface area contributed by atoms with Crippen LogP contribution in [0.4, 0.5) is 11.9 Å². The fourth-order valence-corrected chi connectivity index (χ4v) is 2.72. The summed E-state index contributed by atoms with van der Waals surface area (Å²) in [7, 11) is 0. The molecule has 1 saturated carbocycles. The standard InChI is InChI=1S/C13H20ClN5/c1-9-7-10(9)8-15-12-16-11(14)17-13(18-12)19-5-3-2-4-6-19/h9-10H,2-8H2,1H3,(H,15,16,17,18).